The Morgan fingerprint density at radius 2 is 1.94 bits per heavy atom. The van der Waals surface area contributed by atoms with E-state index >= 15 is 0 Å². The predicted molar refractivity (Wildman–Crippen MR) is 64.2 cm³/mol. The lowest BCUT2D eigenvalue weighted by Gasteiger charge is -2.25. The van der Waals surface area contributed by atoms with Crippen molar-refractivity contribution < 1.29 is 8.60 Å². The summed E-state index contributed by atoms with van der Waals surface area (Å²) in [4.78, 5) is 0.638. The van der Waals surface area contributed by atoms with Crippen LogP contribution in [0, 0.1) is 11.7 Å². The quantitative estimate of drug-likeness (QED) is 0.773. The van der Waals surface area contributed by atoms with Gasteiger partial charge in [-0.15, -0.1) is 0 Å². The molecule has 0 spiro atoms. The van der Waals surface area contributed by atoms with E-state index in [2.05, 4.69) is 6.92 Å². The number of rotatable bonds is 2. The van der Waals surface area contributed by atoms with Crippen molar-refractivity contribution in [1.29, 1.82) is 0 Å². The summed E-state index contributed by atoms with van der Waals surface area (Å²) in [6.07, 6.45) is 4.30. The Hall–Kier alpha value is -0.700. The van der Waals surface area contributed by atoms with Gasteiger partial charge in [0.1, 0.15) is 5.82 Å². The standard InChI is InChI=1S/C13H17FOS/c1-10-5-7-12(8-6-10)16(15)13-4-2-3-11(14)9-13/h2-4,9-10,12H,5-8H2,1H3. The van der Waals surface area contributed by atoms with Gasteiger partial charge in [0, 0.05) is 10.1 Å². The Labute approximate surface area is 98.5 Å². The third kappa shape index (κ3) is 2.70. The molecule has 0 N–H and O–H groups in total. The molecule has 1 aliphatic carbocycles. The summed E-state index contributed by atoms with van der Waals surface area (Å²) in [5.74, 6) is 0.454. The highest BCUT2D eigenvalue weighted by Crippen LogP contribution is 2.29. The molecule has 88 valence electrons. The van der Waals surface area contributed by atoms with Gasteiger partial charge in [0.05, 0.1) is 10.8 Å². The van der Waals surface area contributed by atoms with E-state index in [4.69, 9.17) is 0 Å². The van der Waals surface area contributed by atoms with Crippen LogP contribution in [0.15, 0.2) is 29.2 Å². The molecule has 1 saturated carbocycles. The maximum absolute atomic E-state index is 13.0. The highest BCUT2D eigenvalue weighted by molar-refractivity contribution is 7.85. The highest BCUT2D eigenvalue weighted by Gasteiger charge is 2.24. The van der Waals surface area contributed by atoms with Gasteiger partial charge in [-0.05, 0) is 49.8 Å². The average Bonchev–Trinajstić information content (AvgIpc) is 2.29. The fourth-order valence-corrected chi connectivity index (χ4v) is 3.75. The van der Waals surface area contributed by atoms with Crippen molar-refractivity contribution in [3.8, 4) is 0 Å². The molecule has 0 bridgehead atoms. The normalized spacial score (nSPS) is 27.6. The van der Waals surface area contributed by atoms with E-state index < -0.39 is 10.8 Å². The van der Waals surface area contributed by atoms with Gasteiger partial charge in [0.15, 0.2) is 0 Å². The summed E-state index contributed by atoms with van der Waals surface area (Å²) in [6.45, 7) is 2.24. The van der Waals surface area contributed by atoms with Crippen molar-refractivity contribution in [2.24, 2.45) is 5.92 Å². The fourth-order valence-electron chi connectivity index (χ4n) is 2.23. The molecule has 0 heterocycles. The molecule has 1 fully saturated rings. The summed E-state index contributed by atoms with van der Waals surface area (Å²) in [7, 11) is -1.04. The largest absolute Gasteiger partial charge is 0.254 e. The zero-order valence-electron chi connectivity index (χ0n) is 9.49. The molecule has 3 heteroatoms. The van der Waals surface area contributed by atoms with Gasteiger partial charge >= 0.3 is 0 Å². The van der Waals surface area contributed by atoms with Gasteiger partial charge in [0.25, 0.3) is 0 Å². The number of hydrogen-bond acceptors (Lipinski definition) is 1. The van der Waals surface area contributed by atoms with Gasteiger partial charge in [-0.1, -0.05) is 13.0 Å². The second-order valence-electron chi connectivity index (χ2n) is 4.64. The van der Waals surface area contributed by atoms with E-state index in [1.807, 2.05) is 0 Å². The van der Waals surface area contributed by atoms with Crippen LogP contribution in [0.3, 0.4) is 0 Å². The predicted octanol–water partition coefficient (Wildman–Crippen LogP) is 3.51. The van der Waals surface area contributed by atoms with Gasteiger partial charge in [0.2, 0.25) is 0 Å². The van der Waals surface area contributed by atoms with Gasteiger partial charge < -0.3 is 0 Å². The van der Waals surface area contributed by atoms with Crippen LogP contribution in [0.1, 0.15) is 32.6 Å². The van der Waals surface area contributed by atoms with Crippen LogP contribution in [0.25, 0.3) is 0 Å². The molecule has 0 aliphatic heterocycles. The van der Waals surface area contributed by atoms with E-state index in [0.717, 1.165) is 31.6 Å². The molecule has 1 unspecified atom stereocenters. The molecular weight excluding hydrogens is 223 g/mol. The minimum atomic E-state index is -1.04. The Morgan fingerprint density at radius 1 is 1.25 bits per heavy atom. The zero-order valence-corrected chi connectivity index (χ0v) is 10.3. The van der Waals surface area contributed by atoms with E-state index in [9.17, 15) is 8.60 Å². The van der Waals surface area contributed by atoms with Crippen LogP contribution in [0.5, 0.6) is 0 Å². The number of benzene rings is 1. The molecule has 16 heavy (non-hydrogen) atoms. The monoisotopic (exact) mass is 240 g/mol. The van der Waals surface area contributed by atoms with E-state index in [-0.39, 0.29) is 11.1 Å². The summed E-state index contributed by atoms with van der Waals surface area (Å²) < 4.78 is 25.2. The molecule has 0 radical (unpaired) electrons. The fraction of sp³-hybridized carbons (Fsp3) is 0.538. The topological polar surface area (TPSA) is 17.1 Å². The van der Waals surface area contributed by atoms with Crippen LogP contribution in [0.2, 0.25) is 0 Å². The third-order valence-corrected chi connectivity index (χ3v) is 5.09. The summed E-state index contributed by atoms with van der Waals surface area (Å²) in [5.41, 5.74) is 0. The van der Waals surface area contributed by atoms with Crippen molar-refractivity contribution >= 4 is 10.8 Å². The molecule has 1 aliphatic rings. The average molecular weight is 240 g/mol. The first kappa shape index (κ1) is 11.8. The molecule has 2 rings (SSSR count). The first-order valence-corrected chi connectivity index (χ1v) is 7.04. The molecule has 0 aromatic heterocycles. The van der Waals surface area contributed by atoms with Crippen molar-refractivity contribution in [3.63, 3.8) is 0 Å². The van der Waals surface area contributed by atoms with Crippen LogP contribution in [-0.2, 0) is 10.8 Å². The minimum absolute atomic E-state index is 0.220. The lowest BCUT2D eigenvalue weighted by Crippen LogP contribution is -2.22. The maximum Gasteiger partial charge on any atom is 0.124 e. The maximum atomic E-state index is 13.0. The van der Waals surface area contributed by atoms with E-state index in [1.165, 1.54) is 12.1 Å². The molecule has 1 aromatic carbocycles. The van der Waals surface area contributed by atoms with Crippen LogP contribution in [-0.4, -0.2) is 9.46 Å². The first-order chi connectivity index (χ1) is 7.66. The van der Waals surface area contributed by atoms with Crippen molar-refractivity contribution in [1.82, 2.24) is 0 Å². The lowest BCUT2D eigenvalue weighted by atomic mass is 9.91. The Kier molecular flexibility index (Phi) is 3.74. The summed E-state index contributed by atoms with van der Waals surface area (Å²) in [5, 5.41) is 0.220. The van der Waals surface area contributed by atoms with Crippen LogP contribution in [0.4, 0.5) is 4.39 Å². The van der Waals surface area contributed by atoms with Crippen molar-refractivity contribution in [2.45, 2.75) is 42.8 Å². The lowest BCUT2D eigenvalue weighted by molar-refractivity contribution is 0.389. The van der Waals surface area contributed by atoms with Crippen molar-refractivity contribution in [2.75, 3.05) is 0 Å². The molecule has 1 aromatic rings. The second kappa shape index (κ2) is 5.09. The molecule has 0 saturated heterocycles. The third-order valence-electron chi connectivity index (χ3n) is 3.29. The zero-order chi connectivity index (χ0) is 11.5. The summed E-state index contributed by atoms with van der Waals surface area (Å²) in [6, 6.07) is 6.18. The molecule has 0 amide bonds. The first-order valence-electron chi connectivity index (χ1n) is 5.83. The number of hydrogen-bond donors (Lipinski definition) is 0. The Bertz CT molecular complexity index is 383. The van der Waals surface area contributed by atoms with Gasteiger partial charge in [-0.25, -0.2) is 4.39 Å². The Balaban J connectivity index is 2.08. The SMILES string of the molecule is CC1CCC(S(=O)c2cccc(F)c2)CC1. The molecular formula is C13H17FOS. The molecule has 1 nitrogen and oxygen atoms in total. The molecule has 1 atom stereocenters. The van der Waals surface area contributed by atoms with E-state index in [0.29, 0.717) is 4.90 Å². The smallest absolute Gasteiger partial charge is 0.124 e. The van der Waals surface area contributed by atoms with Gasteiger partial charge in [-0.2, -0.15) is 0 Å². The van der Waals surface area contributed by atoms with E-state index in [1.54, 1.807) is 12.1 Å². The highest BCUT2D eigenvalue weighted by atomic mass is 32.2. The second-order valence-corrected chi connectivity index (χ2v) is 6.37. The minimum Gasteiger partial charge on any atom is -0.254 e. The van der Waals surface area contributed by atoms with Crippen molar-refractivity contribution in [3.05, 3.63) is 30.1 Å². The van der Waals surface area contributed by atoms with Crippen LogP contribution < -0.4 is 0 Å². The van der Waals surface area contributed by atoms with Gasteiger partial charge in [-0.3, -0.25) is 4.21 Å². The summed E-state index contributed by atoms with van der Waals surface area (Å²) >= 11 is 0. The Morgan fingerprint density at radius 3 is 2.56 bits per heavy atom. The van der Waals surface area contributed by atoms with Crippen LogP contribution >= 0.6 is 0 Å². The number of halogens is 1.